The van der Waals surface area contributed by atoms with E-state index >= 15 is 4.39 Å². The van der Waals surface area contributed by atoms with Gasteiger partial charge in [-0.05, 0) is 45.2 Å². The molecule has 2 saturated heterocycles. The van der Waals surface area contributed by atoms with Gasteiger partial charge in [0.15, 0.2) is 12.1 Å². The van der Waals surface area contributed by atoms with Gasteiger partial charge in [-0.1, -0.05) is 11.6 Å². The molecule has 3 fully saturated rings. The number of anilines is 1. The van der Waals surface area contributed by atoms with Gasteiger partial charge >= 0.3 is 0 Å². The van der Waals surface area contributed by atoms with Gasteiger partial charge in [0, 0.05) is 17.5 Å². The predicted molar refractivity (Wildman–Crippen MR) is 126 cm³/mol. The largest absolute Gasteiger partial charge is 0.386 e. The molecule has 11 heteroatoms. The van der Waals surface area contributed by atoms with Gasteiger partial charge < -0.3 is 24.5 Å². The van der Waals surface area contributed by atoms with Crippen LogP contribution in [0.3, 0.4) is 0 Å². The smallest absolute Gasteiger partial charge is 0.223 e. The lowest BCUT2D eigenvalue weighted by Gasteiger charge is -2.32. The maximum absolute atomic E-state index is 15.3. The Bertz CT molecular complexity index is 1280. The number of fused-ring (bicyclic) bond motifs is 3. The minimum atomic E-state index is -0.875. The van der Waals surface area contributed by atoms with Crippen molar-refractivity contribution in [3.05, 3.63) is 35.0 Å². The summed E-state index contributed by atoms with van der Waals surface area (Å²) in [5.41, 5.74) is 1.71. The van der Waals surface area contributed by atoms with Crippen LogP contribution in [0.2, 0.25) is 5.02 Å². The van der Waals surface area contributed by atoms with E-state index in [0.29, 0.717) is 48.5 Å². The fourth-order valence-electron chi connectivity index (χ4n) is 5.23. The third-order valence-electron chi connectivity index (χ3n) is 7.05. The van der Waals surface area contributed by atoms with Gasteiger partial charge in [0.25, 0.3) is 0 Å². The van der Waals surface area contributed by atoms with Crippen molar-refractivity contribution in [3.63, 3.8) is 0 Å². The molecular weight excluding hydrogens is 480 g/mol. The normalized spacial score (nSPS) is 30.1. The number of nitrogens with one attached hydrogen (secondary N) is 1. The van der Waals surface area contributed by atoms with Gasteiger partial charge in [0.1, 0.15) is 23.6 Å². The maximum Gasteiger partial charge on any atom is 0.223 e. The summed E-state index contributed by atoms with van der Waals surface area (Å²) in [4.78, 5) is 13.4. The third-order valence-corrected chi connectivity index (χ3v) is 7.33. The number of aliphatic hydroxyl groups excluding tert-OH is 1. The number of alkyl halides is 1. The zero-order valence-corrected chi connectivity index (χ0v) is 20.0. The van der Waals surface area contributed by atoms with Crippen LogP contribution in [-0.4, -0.2) is 61.9 Å². The lowest BCUT2D eigenvalue weighted by Crippen LogP contribution is -2.48. The van der Waals surface area contributed by atoms with Gasteiger partial charge in [-0.3, -0.25) is 0 Å². The highest BCUT2D eigenvalue weighted by Gasteiger charge is 2.43. The van der Waals surface area contributed by atoms with Crippen LogP contribution in [-0.2, 0) is 9.47 Å². The highest BCUT2D eigenvalue weighted by atomic mass is 35.5. The number of aliphatic hydroxyl groups is 1. The topological polar surface area (TPSA) is 94.3 Å². The van der Waals surface area contributed by atoms with E-state index in [1.807, 2.05) is 24.5 Å². The molecule has 4 heterocycles. The molecule has 186 valence electrons. The number of hydrogen-bond acceptors (Lipinski definition) is 7. The van der Waals surface area contributed by atoms with Gasteiger partial charge in [-0.2, -0.15) is 0 Å². The Morgan fingerprint density at radius 2 is 2.03 bits per heavy atom. The summed E-state index contributed by atoms with van der Waals surface area (Å²) in [6.45, 7) is 4.43. The Morgan fingerprint density at radius 1 is 1.23 bits per heavy atom. The summed E-state index contributed by atoms with van der Waals surface area (Å²) in [6.07, 6.45) is 0.316. The van der Waals surface area contributed by atoms with Gasteiger partial charge in [-0.15, -0.1) is 0 Å². The minimum Gasteiger partial charge on any atom is -0.386 e. The lowest BCUT2D eigenvalue weighted by molar-refractivity contribution is -0.156. The molecule has 6 rings (SSSR count). The molecule has 35 heavy (non-hydrogen) atoms. The average molecular weight is 506 g/mol. The number of imidazole rings is 1. The van der Waals surface area contributed by atoms with E-state index in [-0.39, 0.29) is 40.6 Å². The second kappa shape index (κ2) is 8.62. The monoisotopic (exact) mass is 505 g/mol. The molecule has 4 atom stereocenters. The van der Waals surface area contributed by atoms with Crippen molar-refractivity contribution >= 4 is 28.6 Å². The van der Waals surface area contributed by atoms with E-state index in [0.717, 1.165) is 0 Å². The van der Waals surface area contributed by atoms with E-state index in [2.05, 4.69) is 20.3 Å². The first kappa shape index (κ1) is 23.0. The molecule has 2 N–H and O–H groups in total. The summed E-state index contributed by atoms with van der Waals surface area (Å²) >= 11 is 6.44. The van der Waals surface area contributed by atoms with Crippen LogP contribution in [0.25, 0.3) is 22.3 Å². The molecular formula is C24H26ClF2N5O3. The molecule has 2 aromatic heterocycles. The van der Waals surface area contributed by atoms with Crippen LogP contribution in [0, 0.1) is 5.82 Å². The first-order valence-electron chi connectivity index (χ1n) is 11.9. The van der Waals surface area contributed by atoms with E-state index in [9.17, 15) is 9.50 Å². The first-order valence-corrected chi connectivity index (χ1v) is 12.3. The lowest BCUT2D eigenvalue weighted by atomic mass is 9.83. The summed E-state index contributed by atoms with van der Waals surface area (Å²) in [5.74, 6) is 0.455. The molecule has 3 aromatic rings. The standard InChI is InChI=1S/C24H26ClF2N5O3/c1-10(2)32-18-6-11(5-16(27)20(18)30-22(32)12-3-13(26)4-12)19-15(25)8-28-24(31-19)29-17-7-14-9-34-23(35-14)21(17)33/h5-6,8,10,12-14,17,21,23,33H,3-4,7,9H2,1-2H3,(H,28,29,31)/t12?,13?,14-,17+,21-,23+/m0/s1. The maximum atomic E-state index is 15.3. The van der Waals surface area contributed by atoms with E-state index in [1.165, 1.54) is 12.3 Å². The molecule has 1 aromatic carbocycles. The Hall–Kier alpha value is -2.40. The molecule has 3 aliphatic rings. The molecule has 2 aliphatic heterocycles. The summed E-state index contributed by atoms with van der Waals surface area (Å²) < 4.78 is 41.8. The van der Waals surface area contributed by atoms with E-state index in [4.69, 9.17) is 21.1 Å². The second-order valence-electron chi connectivity index (χ2n) is 9.85. The third kappa shape index (κ3) is 3.96. The van der Waals surface area contributed by atoms with Crippen molar-refractivity contribution in [1.29, 1.82) is 0 Å². The molecule has 1 aliphatic carbocycles. The van der Waals surface area contributed by atoms with Crippen molar-refractivity contribution in [2.45, 2.75) is 75.8 Å². The second-order valence-corrected chi connectivity index (χ2v) is 10.3. The highest BCUT2D eigenvalue weighted by Crippen LogP contribution is 2.42. The van der Waals surface area contributed by atoms with Crippen LogP contribution in [0.15, 0.2) is 18.3 Å². The van der Waals surface area contributed by atoms with Crippen molar-refractivity contribution in [2.24, 2.45) is 0 Å². The SMILES string of the molecule is CC(C)n1c(C2CC(F)C2)nc2c(F)cc(-c3nc(N[C@@H]4C[C@H]5CO[C@H](O5)[C@H]4O)ncc3Cl)cc21. The van der Waals surface area contributed by atoms with Crippen LogP contribution < -0.4 is 5.32 Å². The summed E-state index contributed by atoms with van der Waals surface area (Å²) in [6, 6.07) is 2.82. The molecule has 1 saturated carbocycles. The van der Waals surface area contributed by atoms with Crippen LogP contribution in [0.1, 0.15) is 50.9 Å². The van der Waals surface area contributed by atoms with Crippen LogP contribution in [0.4, 0.5) is 14.7 Å². The number of benzene rings is 1. The van der Waals surface area contributed by atoms with E-state index in [1.54, 1.807) is 0 Å². The zero-order chi connectivity index (χ0) is 24.4. The summed E-state index contributed by atoms with van der Waals surface area (Å²) in [7, 11) is 0. The fourth-order valence-corrected chi connectivity index (χ4v) is 5.43. The molecule has 0 radical (unpaired) electrons. The van der Waals surface area contributed by atoms with Gasteiger partial charge in [0.05, 0.1) is 41.2 Å². The van der Waals surface area contributed by atoms with Crippen molar-refractivity contribution in [2.75, 3.05) is 11.9 Å². The van der Waals surface area contributed by atoms with Crippen molar-refractivity contribution in [3.8, 4) is 11.3 Å². The van der Waals surface area contributed by atoms with Gasteiger partial charge in [0.2, 0.25) is 5.95 Å². The quantitative estimate of drug-likeness (QED) is 0.531. The number of halogens is 3. The predicted octanol–water partition coefficient (Wildman–Crippen LogP) is 4.37. The molecule has 2 bridgehead atoms. The molecule has 8 nitrogen and oxygen atoms in total. The Balaban J connectivity index is 1.37. The van der Waals surface area contributed by atoms with Crippen molar-refractivity contribution in [1.82, 2.24) is 19.5 Å². The van der Waals surface area contributed by atoms with Gasteiger partial charge in [-0.25, -0.2) is 23.7 Å². The minimum absolute atomic E-state index is 0.00834. The highest BCUT2D eigenvalue weighted by molar-refractivity contribution is 6.33. The number of hydrogen-bond donors (Lipinski definition) is 2. The molecule has 0 amide bonds. The number of nitrogens with zero attached hydrogens (tertiary/aromatic N) is 4. The number of ether oxygens (including phenoxy) is 2. The van der Waals surface area contributed by atoms with E-state index < -0.39 is 24.4 Å². The Labute approximate surface area is 205 Å². The average Bonchev–Trinajstić information content (AvgIpc) is 3.38. The fraction of sp³-hybridized carbons (Fsp3) is 0.542. The van der Waals surface area contributed by atoms with Crippen LogP contribution >= 0.6 is 11.6 Å². The number of aromatic nitrogens is 4. The van der Waals surface area contributed by atoms with Crippen LogP contribution in [0.5, 0.6) is 0 Å². The number of rotatable bonds is 5. The Kier molecular flexibility index (Phi) is 5.67. The summed E-state index contributed by atoms with van der Waals surface area (Å²) in [5, 5.41) is 13.9. The molecule has 0 unspecified atom stereocenters. The first-order chi connectivity index (χ1) is 16.8. The molecule has 0 spiro atoms. The van der Waals surface area contributed by atoms with Crippen molar-refractivity contribution < 1.29 is 23.4 Å². The Morgan fingerprint density at radius 3 is 2.77 bits per heavy atom. The zero-order valence-electron chi connectivity index (χ0n) is 19.3.